The molecule has 0 aromatic carbocycles. The molecule has 0 radical (unpaired) electrons. The second kappa shape index (κ2) is 4.47. The summed E-state index contributed by atoms with van der Waals surface area (Å²) < 4.78 is 35.9. The van der Waals surface area contributed by atoms with Crippen molar-refractivity contribution in [1.29, 1.82) is 0 Å². The molecular weight excluding hydrogens is 200 g/mol. The van der Waals surface area contributed by atoms with Gasteiger partial charge in [-0.25, -0.2) is 0 Å². The normalized spacial score (nSPS) is 12.6. The van der Waals surface area contributed by atoms with Crippen LogP contribution in [0.2, 0.25) is 0 Å². The van der Waals surface area contributed by atoms with Crippen LogP contribution < -0.4 is 0 Å². The number of alkyl halides is 3. The van der Waals surface area contributed by atoms with Crippen LogP contribution in [0.25, 0.3) is 0 Å². The Bertz CT molecular complexity index is 252. The number of rotatable bonds is 3. The number of nitrogens with zero attached hydrogens (tertiary/aromatic N) is 2. The first-order valence-corrected chi connectivity index (χ1v) is 3.57. The Balaban J connectivity index is 4.59. The van der Waals surface area contributed by atoms with Gasteiger partial charge in [-0.15, -0.1) is 0 Å². The average molecular weight is 210 g/mol. The highest BCUT2D eigenvalue weighted by molar-refractivity contribution is 6.50. The van der Waals surface area contributed by atoms with Crippen LogP contribution in [0.3, 0.4) is 0 Å². The Morgan fingerprint density at radius 1 is 1.43 bits per heavy atom. The lowest BCUT2D eigenvalue weighted by atomic mass is 9.87. The highest BCUT2D eigenvalue weighted by Crippen LogP contribution is 2.17. The van der Waals surface area contributed by atoms with Crippen LogP contribution in [-0.4, -0.2) is 41.1 Å². The van der Waals surface area contributed by atoms with Crippen LogP contribution in [0.5, 0.6) is 0 Å². The molecule has 4 nitrogen and oxygen atoms in total. The highest BCUT2D eigenvalue weighted by atomic mass is 19.4. The van der Waals surface area contributed by atoms with Crippen molar-refractivity contribution >= 4 is 12.8 Å². The Hall–Kier alpha value is -1.02. The van der Waals surface area contributed by atoms with Crippen LogP contribution in [0.1, 0.15) is 6.92 Å². The van der Waals surface area contributed by atoms with Gasteiger partial charge in [0.2, 0.25) is 0 Å². The van der Waals surface area contributed by atoms with Gasteiger partial charge in [0.05, 0.1) is 5.60 Å². The summed E-state index contributed by atoms with van der Waals surface area (Å²) in [5.41, 5.74) is -1.43. The molecule has 0 heterocycles. The molecule has 0 fully saturated rings. The van der Waals surface area contributed by atoms with E-state index in [0.717, 1.165) is 14.0 Å². The largest absolute Gasteiger partial charge is 0.507 e. The van der Waals surface area contributed by atoms with Crippen molar-refractivity contribution in [2.75, 3.05) is 7.05 Å². The molecule has 0 aliphatic carbocycles. The molecule has 0 spiro atoms. The van der Waals surface area contributed by atoms with E-state index in [0.29, 0.717) is 5.01 Å². The van der Waals surface area contributed by atoms with Gasteiger partial charge in [0.15, 0.2) is 0 Å². The second-order valence-corrected chi connectivity index (χ2v) is 2.57. The van der Waals surface area contributed by atoms with E-state index in [9.17, 15) is 13.2 Å². The second-order valence-electron chi connectivity index (χ2n) is 2.57. The van der Waals surface area contributed by atoms with Gasteiger partial charge >= 0.3 is 13.3 Å². The maximum Gasteiger partial charge on any atom is 0.507 e. The molecule has 0 unspecified atom stereocenters. The van der Waals surface area contributed by atoms with Gasteiger partial charge < -0.3 is 10.0 Å². The van der Waals surface area contributed by atoms with Gasteiger partial charge in [-0.2, -0.15) is 18.3 Å². The fourth-order valence-corrected chi connectivity index (χ4v) is 0.513. The first-order chi connectivity index (χ1) is 6.16. The van der Waals surface area contributed by atoms with E-state index in [1.165, 1.54) is 0 Å². The summed E-state index contributed by atoms with van der Waals surface area (Å²) in [6.45, 7) is 3.91. The molecule has 14 heavy (non-hydrogen) atoms. The summed E-state index contributed by atoms with van der Waals surface area (Å²) in [5, 5.41) is 20.9. The fourth-order valence-electron chi connectivity index (χ4n) is 0.513. The van der Waals surface area contributed by atoms with E-state index in [1.54, 1.807) is 0 Å². The molecule has 2 N–H and O–H groups in total. The van der Waals surface area contributed by atoms with Gasteiger partial charge in [-0.3, -0.25) is 5.01 Å². The SMILES string of the molecule is C=C(B(O)O)N(C)N=C(C)C(F)(F)F. The minimum atomic E-state index is -4.53. The molecule has 0 bridgehead atoms. The van der Waals surface area contributed by atoms with Crippen molar-refractivity contribution in [2.24, 2.45) is 5.10 Å². The molecule has 0 aromatic heterocycles. The minimum Gasteiger partial charge on any atom is -0.422 e. The predicted molar refractivity (Wildman–Crippen MR) is 46.3 cm³/mol. The molecule has 0 aromatic rings. The van der Waals surface area contributed by atoms with Gasteiger partial charge in [-0.1, -0.05) is 6.58 Å². The Labute approximate surface area is 79.5 Å². The standard InChI is InChI=1S/C6H10BF3N2O2/c1-4(6(8,9)10)11-12(3)5(2)7(13)14/h13-14H,2H2,1,3H3. The number of hydrogen-bond donors (Lipinski definition) is 2. The zero-order chi connectivity index (χ0) is 11.5. The molecule has 0 saturated heterocycles. The number of halogens is 3. The van der Waals surface area contributed by atoms with Crippen LogP contribution in [0, 0.1) is 0 Å². The van der Waals surface area contributed by atoms with Crippen LogP contribution in [0.15, 0.2) is 17.3 Å². The van der Waals surface area contributed by atoms with Crippen molar-refractivity contribution in [2.45, 2.75) is 13.1 Å². The minimum absolute atomic E-state index is 0.339. The maximum atomic E-state index is 12.0. The molecule has 0 saturated carbocycles. The number of hydrazone groups is 1. The highest BCUT2D eigenvalue weighted by Gasteiger charge is 2.33. The Morgan fingerprint density at radius 3 is 2.14 bits per heavy atom. The molecular formula is C6H10BF3N2O2. The summed E-state index contributed by atoms with van der Waals surface area (Å²) in [5.74, 6) is 0. The molecule has 0 amide bonds. The van der Waals surface area contributed by atoms with Crippen LogP contribution in [0.4, 0.5) is 13.2 Å². The van der Waals surface area contributed by atoms with E-state index in [4.69, 9.17) is 10.0 Å². The third-order valence-electron chi connectivity index (χ3n) is 1.42. The van der Waals surface area contributed by atoms with E-state index in [1.807, 2.05) is 0 Å². The Kier molecular flexibility index (Phi) is 4.15. The van der Waals surface area contributed by atoms with Crippen molar-refractivity contribution in [3.8, 4) is 0 Å². The predicted octanol–water partition coefficient (Wildman–Crippen LogP) is 0.382. The third-order valence-corrected chi connectivity index (χ3v) is 1.42. The van der Waals surface area contributed by atoms with Crippen molar-refractivity contribution in [1.82, 2.24) is 5.01 Å². The summed E-state index contributed by atoms with van der Waals surface area (Å²) in [4.78, 5) is 0. The van der Waals surface area contributed by atoms with Gasteiger partial charge in [0, 0.05) is 7.05 Å². The summed E-state index contributed by atoms with van der Waals surface area (Å²) >= 11 is 0. The molecule has 0 aliphatic heterocycles. The third kappa shape index (κ3) is 3.80. The topological polar surface area (TPSA) is 56.1 Å². The summed E-state index contributed by atoms with van der Waals surface area (Å²) in [6, 6.07) is 0. The van der Waals surface area contributed by atoms with Gasteiger partial charge in [0.25, 0.3) is 0 Å². The zero-order valence-electron chi connectivity index (χ0n) is 7.71. The number of hydrogen-bond acceptors (Lipinski definition) is 4. The van der Waals surface area contributed by atoms with Crippen LogP contribution in [-0.2, 0) is 0 Å². The smallest absolute Gasteiger partial charge is 0.422 e. The lowest BCUT2D eigenvalue weighted by Gasteiger charge is -2.17. The first kappa shape index (κ1) is 13.0. The van der Waals surface area contributed by atoms with E-state index in [-0.39, 0.29) is 5.60 Å². The molecule has 80 valence electrons. The quantitative estimate of drug-likeness (QED) is 0.402. The maximum absolute atomic E-state index is 12.0. The summed E-state index contributed by atoms with van der Waals surface area (Å²) in [6.07, 6.45) is -4.53. The fraction of sp³-hybridized carbons (Fsp3) is 0.500. The van der Waals surface area contributed by atoms with E-state index < -0.39 is 19.0 Å². The average Bonchev–Trinajstić information content (AvgIpc) is 2.00. The summed E-state index contributed by atoms with van der Waals surface area (Å²) in [7, 11) is -0.790. The van der Waals surface area contributed by atoms with Crippen LogP contribution >= 0.6 is 0 Å². The zero-order valence-corrected chi connectivity index (χ0v) is 7.71. The molecule has 0 atom stereocenters. The lowest BCUT2D eigenvalue weighted by molar-refractivity contribution is -0.0603. The first-order valence-electron chi connectivity index (χ1n) is 3.57. The van der Waals surface area contributed by atoms with Crippen molar-refractivity contribution in [3.63, 3.8) is 0 Å². The van der Waals surface area contributed by atoms with E-state index >= 15 is 0 Å². The Morgan fingerprint density at radius 2 is 1.86 bits per heavy atom. The molecule has 8 heteroatoms. The lowest BCUT2D eigenvalue weighted by Crippen LogP contribution is -2.29. The van der Waals surface area contributed by atoms with E-state index in [2.05, 4.69) is 11.7 Å². The molecule has 0 aliphatic rings. The molecule has 0 rings (SSSR count). The van der Waals surface area contributed by atoms with Gasteiger partial charge in [0.1, 0.15) is 5.71 Å². The van der Waals surface area contributed by atoms with Crippen molar-refractivity contribution < 1.29 is 23.2 Å². The van der Waals surface area contributed by atoms with Crippen molar-refractivity contribution in [3.05, 3.63) is 12.2 Å². The monoisotopic (exact) mass is 210 g/mol. The van der Waals surface area contributed by atoms with Gasteiger partial charge in [-0.05, 0) is 6.92 Å².